The number of nitrogens with one attached hydrogen (secondary N) is 1. The van der Waals surface area contributed by atoms with Gasteiger partial charge in [0.1, 0.15) is 5.69 Å². The Morgan fingerprint density at radius 2 is 2.05 bits per heavy atom. The van der Waals surface area contributed by atoms with Gasteiger partial charge in [-0.2, -0.15) is 0 Å². The molecule has 1 N–H and O–H groups in total. The highest BCUT2D eigenvalue weighted by Crippen LogP contribution is 2.44. The fourth-order valence-corrected chi connectivity index (χ4v) is 5.63. The van der Waals surface area contributed by atoms with E-state index in [2.05, 4.69) is 10.1 Å². The van der Waals surface area contributed by atoms with E-state index in [4.69, 9.17) is 0 Å². The summed E-state index contributed by atoms with van der Waals surface area (Å²) in [6.07, 6.45) is 4.16. The third-order valence-corrected chi connectivity index (χ3v) is 7.41. The van der Waals surface area contributed by atoms with Crippen LogP contribution in [0.25, 0.3) is 0 Å². The second-order valence-corrected chi connectivity index (χ2v) is 9.27. The third kappa shape index (κ3) is 2.91. The smallest absolute Gasteiger partial charge is 0.292 e. The zero-order valence-corrected chi connectivity index (χ0v) is 13.8. The Balaban J connectivity index is 1.92. The topological polar surface area (TPSA) is 85.1 Å². The van der Waals surface area contributed by atoms with Crippen LogP contribution in [0.1, 0.15) is 23.4 Å². The van der Waals surface area contributed by atoms with E-state index in [1.165, 1.54) is 22.3 Å². The Hall–Kier alpha value is -1.72. The Kier molecular flexibility index (Phi) is 4.02. The molecule has 1 aliphatic rings. The highest BCUT2D eigenvalue weighted by molar-refractivity contribution is 7.77. The zero-order valence-electron chi connectivity index (χ0n) is 12.1. The first-order chi connectivity index (χ1) is 10.5. The number of aromatic nitrogens is 1. The number of thiazole rings is 1. The lowest BCUT2D eigenvalue weighted by Gasteiger charge is -2.13. The van der Waals surface area contributed by atoms with Gasteiger partial charge >= 0.3 is 0 Å². The first kappa shape index (κ1) is 15.2. The maximum atomic E-state index is 13.0. The van der Waals surface area contributed by atoms with E-state index in [1.807, 2.05) is 0 Å². The lowest BCUT2D eigenvalue weighted by atomic mass is 10.0. The summed E-state index contributed by atoms with van der Waals surface area (Å²) in [6.45, 7) is 1.58. The van der Waals surface area contributed by atoms with Crippen LogP contribution in [-0.2, 0) is 17.4 Å². The number of hydrogen-bond acceptors (Lipinski definition) is 5. The number of nitro groups is 1. The molecule has 0 saturated heterocycles. The number of hydrogen-bond donors (Lipinski definition) is 1. The lowest BCUT2D eigenvalue weighted by molar-refractivity contribution is -0.383. The number of nitrogens with zero attached hydrogens (tertiary/aromatic N) is 2. The molecule has 0 aliphatic heterocycles. The first-order valence-corrected chi connectivity index (χ1v) is 10.0. The number of anilines is 1. The summed E-state index contributed by atoms with van der Waals surface area (Å²) in [5.74, 6) is 0. The summed E-state index contributed by atoms with van der Waals surface area (Å²) < 4.78 is 13.5. The van der Waals surface area contributed by atoms with Crippen LogP contribution in [0.4, 0.5) is 11.4 Å². The van der Waals surface area contributed by atoms with E-state index in [0.29, 0.717) is 4.75 Å². The van der Waals surface area contributed by atoms with E-state index in [1.54, 1.807) is 24.9 Å². The number of fused-ring (bicyclic) bond motifs is 1. The predicted molar refractivity (Wildman–Crippen MR) is 88.6 cm³/mol. The quantitative estimate of drug-likeness (QED) is 0.524. The largest absolute Gasteiger partial charge is 0.326 e. The molecule has 8 heteroatoms. The van der Waals surface area contributed by atoms with E-state index >= 15 is 0 Å². The average Bonchev–Trinajstić information content (AvgIpc) is 2.92. The maximum absolute atomic E-state index is 13.0. The van der Waals surface area contributed by atoms with E-state index in [9.17, 15) is 14.7 Å². The Bertz CT molecular complexity index is 751. The van der Waals surface area contributed by atoms with Crippen LogP contribution in [-0.4, -0.2) is 16.6 Å². The van der Waals surface area contributed by atoms with Gasteiger partial charge in [0, 0.05) is 17.6 Å². The zero-order chi connectivity index (χ0) is 15.7. The van der Waals surface area contributed by atoms with Crippen molar-refractivity contribution in [3.8, 4) is 0 Å². The maximum Gasteiger partial charge on any atom is 0.292 e. The molecular formula is C14H16N3O3PS. The van der Waals surface area contributed by atoms with Crippen LogP contribution in [0.5, 0.6) is 0 Å². The molecule has 1 aromatic carbocycles. The van der Waals surface area contributed by atoms with Crippen LogP contribution in [0, 0.1) is 10.1 Å². The van der Waals surface area contributed by atoms with Crippen molar-refractivity contribution < 1.29 is 9.49 Å². The molecule has 1 atom stereocenters. The second-order valence-electron chi connectivity index (χ2n) is 5.38. The number of aryl methyl sites for hydroxylation is 2. The van der Waals surface area contributed by atoms with Crippen LogP contribution in [0.3, 0.4) is 0 Å². The monoisotopic (exact) mass is 337 g/mol. The van der Waals surface area contributed by atoms with Crippen LogP contribution < -0.4 is 9.84 Å². The SMILES string of the molecule is C[P@@](=O)(Nc1ccccc1[N+](=O)[O-])c1nc2c(s1)CCCC2. The summed E-state index contributed by atoms with van der Waals surface area (Å²) in [5.41, 5.74) is 1.23. The van der Waals surface area contributed by atoms with Gasteiger partial charge in [0.25, 0.3) is 5.69 Å². The predicted octanol–water partition coefficient (Wildman–Crippen LogP) is 3.58. The number of benzene rings is 1. The molecule has 116 valence electrons. The van der Waals surface area contributed by atoms with Gasteiger partial charge in [-0.3, -0.25) is 14.7 Å². The van der Waals surface area contributed by atoms with Crippen molar-refractivity contribution >= 4 is 34.8 Å². The average molecular weight is 337 g/mol. The molecule has 1 aliphatic carbocycles. The van der Waals surface area contributed by atoms with Crippen molar-refractivity contribution in [1.82, 2.24) is 4.98 Å². The van der Waals surface area contributed by atoms with Crippen molar-refractivity contribution in [2.24, 2.45) is 0 Å². The van der Waals surface area contributed by atoms with Gasteiger partial charge in [-0.05, 0) is 31.7 Å². The van der Waals surface area contributed by atoms with Gasteiger partial charge in [-0.15, -0.1) is 11.3 Å². The molecule has 6 nitrogen and oxygen atoms in total. The summed E-state index contributed by atoms with van der Waals surface area (Å²) in [5, 5.41) is 13.9. The van der Waals surface area contributed by atoms with Gasteiger partial charge < -0.3 is 5.09 Å². The van der Waals surface area contributed by atoms with Gasteiger partial charge in [-0.1, -0.05) is 12.1 Å². The molecule has 2 aromatic rings. The van der Waals surface area contributed by atoms with Crippen molar-refractivity contribution in [3.63, 3.8) is 0 Å². The molecule has 0 spiro atoms. The second kappa shape index (κ2) is 5.82. The van der Waals surface area contributed by atoms with Crippen LogP contribution in [0.15, 0.2) is 24.3 Å². The minimum Gasteiger partial charge on any atom is -0.326 e. The first-order valence-electron chi connectivity index (χ1n) is 7.06. The standard InChI is InChI=1S/C14H16N3O3PS/c1-21(20,14-15-11-7-3-5-9-13(11)22-14)16-10-6-2-4-8-12(10)17(18)19/h2,4,6,8H,3,5,7,9H2,1H3,(H,16,20)/t21-/m0/s1. The number of rotatable bonds is 4. The van der Waals surface area contributed by atoms with Crippen LogP contribution >= 0.6 is 18.6 Å². The minimum absolute atomic E-state index is 0.0779. The van der Waals surface area contributed by atoms with Gasteiger partial charge in [0.05, 0.1) is 10.6 Å². The molecule has 0 bridgehead atoms. The van der Waals surface area contributed by atoms with E-state index in [-0.39, 0.29) is 11.4 Å². The summed E-state index contributed by atoms with van der Waals surface area (Å²) in [4.78, 5) is 16.3. The van der Waals surface area contributed by atoms with E-state index in [0.717, 1.165) is 31.4 Å². The molecule has 0 radical (unpaired) electrons. The van der Waals surface area contributed by atoms with Gasteiger partial charge in [0.15, 0.2) is 4.75 Å². The molecule has 0 fully saturated rings. The molecule has 1 heterocycles. The number of nitro benzene ring substituents is 1. The summed E-state index contributed by atoms with van der Waals surface area (Å²) in [6, 6.07) is 6.24. The molecule has 3 rings (SSSR count). The molecule has 0 unspecified atom stereocenters. The summed E-state index contributed by atoms with van der Waals surface area (Å²) in [7, 11) is -2.99. The third-order valence-electron chi connectivity index (χ3n) is 3.63. The Morgan fingerprint density at radius 3 is 2.77 bits per heavy atom. The normalized spacial score (nSPS) is 16.6. The van der Waals surface area contributed by atoms with Crippen molar-refractivity contribution in [2.75, 3.05) is 11.8 Å². The van der Waals surface area contributed by atoms with Crippen LogP contribution in [0.2, 0.25) is 0 Å². The Labute approximate surface area is 132 Å². The molecule has 0 saturated carbocycles. The molecule has 1 aromatic heterocycles. The summed E-state index contributed by atoms with van der Waals surface area (Å²) >= 11 is 1.47. The lowest BCUT2D eigenvalue weighted by Crippen LogP contribution is -2.11. The Morgan fingerprint density at radius 1 is 1.32 bits per heavy atom. The van der Waals surface area contributed by atoms with E-state index < -0.39 is 12.2 Å². The highest BCUT2D eigenvalue weighted by atomic mass is 32.1. The highest BCUT2D eigenvalue weighted by Gasteiger charge is 2.28. The van der Waals surface area contributed by atoms with Crippen molar-refractivity contribution in [1.29, 1.82) is 0 Å². The molecule has 0 amide bonds. The minimum atomic E-state index is -2.99. The fourth-order valence-electron chi connectivity index (χ4n) is 2.53. The molecule has 22 heavy (non-hydrogen) atoms. The van der Waals surface area contributed by atoms with Gasteiger partial charge in [-0.25, -0.2) is 4.98 Å². The number of para-hydroxylation sites is 2. The van der Waals surface area contributed by atoms with Gasteiger partial charge in [0.2, 0.25) is 7.29 Å². The fraction of sp³-hybridized carbons (Fsp3) is 0.357. The van der Waals surface area contributed by atoms with Crippen molar-refractivity contribution in [3.05, 3.63) is 45.0 Å². The molecular weight excluding hydrogens is 321 g/mol. The van der Waals surface area contributed by atoms with Crippen molar-refractivity contribution in [2.45, 2.75) is 25.7 Å².